The molecule has 0 spiro atoms. The number of para-hydroxylation sites is 1. The van der Waals surface area contributed by atoms with E-state index in [9.17, 15) is 4.79 Å². The molecular weight excluding hydrogens is 238 g/mol. The van der Waals surface area contributed by atoms with E-state index in [2.05, 4.69) is 29.4 Å². The molecule has 0 saturated carbocycles. The molecule has 0 aliphatic carbocycles. The van der Waals surface area contributed by atoms with Gasteiger partial charge in [0.15, 0.2) is 0 Å². The van der Waals surface area contributed by atoms with E-state index < -0.39 is 0 Å². The van der Waals surface area contributed by atoms with Gasteiger partial charge in [0.25, 0.3) is 0 Å². The summed E-state index contributed by atoms with van der Waals surface area (Å²) in [6, 6.07) is 8.87. The molecule has 2 aliphatic rings. The van der Waals surface area contributed by atoms with Gasteiger partial charge in [-0.3, -0.25) is 4.79 Å². The number of carbonyl (C=O) groups excluding carboxylic acids is 1. The second kappa shape index (κ2) is 4.94. The molecule has 1 saturated heterocycles. The van der Waals surface area contributed by atoms with E-state index in [4.69, 9.17) is 0 Å². The Morgan fingerprint density at radius 3 is 2.79 bits per heavy atom. The third kappa shape index (κ3) is 2.38. The predicted molar refractivity (Wildman–Crippen MR) is 76.2 cm³/mol. The minimum Gasteiger partial charge on any atom is -0.315 e. The molecule has 19 heavy (non-hydrogen) atoms. The van der Waals surface area contributed by atoms with E-state index in [0.29, 0.717) is 12.5 Å². The summed E-state index contributed by atoms with van der Waals surface area (Å²) in [6.45, 7) is 2.21. The number of fused-ring (bicyclic) bond motifs is 1. The highest BCUT2D eigenvalue weighted by Crippen LogP contribution is 2.34. The van der Waals surface area contributed by atoms with E-state index in [0.717, 1.165) is 18.8 Å². The quantitative estimate of drug-likeness (QED) is 0.872. The molecule has 4 nitrogen and oxygen atoms in total. The molecule has 0 aromatic heterocycles. The maximum atomic E-state index is 12.1. The number of nitrogens with zero attached hydrogens (tertiary/aromatic N) is 2. The molecule has 4 heteroatoms. The molecule has 2 heterocycles. The average molecular weight is 259 g/mol. The number of benzene rings is 1. The molecule has 1 fully saturated rings. The van der Waals surface area contributed by atoms with Crippen LogP contribution < -0.4 is 10.2 Å². The summed E-state index contributed by atoms with van der Waals surface area (Å²) >= 11 is 0. The highest BCUT2D eigenvalue weighted by Gasteiger charge is 2.31. The van der Waals surface area contributed by atoms with Gasteiger partial charge in [-0.25, -0.2) is 0 Å². The van der Waals surface area contributed by atoms with Crippen molar-refractivity contribution in [2.75, 3.05) is 32.1 Å². The molecule has 2 aliphatic heterocycles. The van der Waals surface area contributed by atoms with Crippen LogP contribution in [0.1, 0.15) is 24.4 Å². The van der Waals surface area contributed by atoms with Crippen molar-refractivity contribution in [3.8, 4) is 0 Å². The molecule has 3 rings (SSSR count). The first-order chi connectivity index (χ1) is 9.15. The number of anilines is 1. The maximum Gasteiger partial charge on any atom is 0.228 e. The lowest BCUT2D eigenvalue weighted by Crippen LogP contribution is -2.42. The van der Waals surface area contributed by atoms with Crippen molar-refractivity contribution in [1.82, 2.24) is 10.2 Å². The first-order valence-corrected chi connectivity index (χ1v) is 6.95. The molecule has 0 bridgehead atoms. The minimum atomic E-state index is 0.163. The van der Waals surface area contributed by atoms with Gasteiger partial charge in [0.2, 0.25) is 5.91 Å². The van der Waals surface area contributed by atoms with Crippen LogP contribution in [0.2, 0.25) is 0 Å². The van der Waals surface area contributed by atoms with Gasteiger partial charge in [0.1, 0.15) is 0 Å². The normalized spacial score (nSPS) is 27.7. The average Bonchev–Trinajstić information content (AvgIpc) is 2.81. The Labute approximate surface area is 114 Å². The molecule has 1 aromatic rings. The fourth-order valence-corrected chi connectivity index (χ4v) is 3.15. The smallest absolute Gasteiger partial charge is 0.228 e. The Balaban J connectivity index is 1.82. The molecule has 1 aromatic carbocycles. The van der Waals surface area contributed by atoms with Gasteiger partial charge in [0, 0.05) is 37.8 Å². The van der Waals surface area contributed by atoms with Crippen molar-refractivity contribution in [1.29, 1.82) is 0 Å². The first-order valence-electron chi connectivity index (χ1n) is 6.95. The van der Waals surface area contributed by atoms with Crippen molar-refractivity contribution in [3.63, 3.8) is 0 Å². The Bertz CT molecular complexity index is 488. The van der Waals surface area contributed by atoms with Crippen LogP contribution in [0.15, 0.2) is 24.3 Å². The van der Waals surface area contributed by atoms with Crippen molar-refractivity contribution in [3.05, 3.63) is 29.8 Å². The molecular formula is C15H21N3O. The standard InChI is InChI=1S/C15H21N3O/c1-17-8-7-11(10-17)16-13-9-15(19)18(2)14-6-4-3-5-12(13)14/h3-6,11,13,16H,7-10H2,1-2H3. The van der Waals surface area contributed by atoms with Crippen LogP contribution in [0, 0.1) is 0 Å². The van der Waals surface area contributed by atoms with Gasteiger partial charge < -0.3 is 15.1 Å². The van der Waals surface area contributed by atoms with E-state index in [1.165, 1.54) is 12.0 Å². The summed E-state index contributed by atoms with van der Waals surface area (Å²) in [7, 11) is 4.01. The van der Waals surface area contributed by atoms with E-state index in [-0.39, 0.29) is 11.9 Å². The van der Waals surface area contributed by atoms with Crippen molar-refractivity contribution < 1.29 is 4.79 Å². The van der Waals surface area contributed by atoms with Crippen LogP contribution in [-0.4, -0.2) is 44.0 Å². The van der Waals surface area contributed by atoms with E-state index in [1.54, 1.807) is 4.90 Å². The van der Waals surface area contributed by atoms with Crippen molar-refractivity contribution in [2.45, 2.75) is 24.9 Å². The van der Waals surface area contributed by atoms with Gasteiger partial charge in [-0.2, -0.15) is 0 Å². The summed E-state index contributed by atoms with van der Waals surface area (Å²) in [5, 5.41) is 3.67. The number of amides is 1. The van der Waals surface area contributed by atoms with Crippen LogP contribution in [-0.2, 0) is 4.79 Å². The Kier molecular flexibility index (Phi) is 3.29. The van der Waals surface area contributed by atoms with Gasteiger partial charge in [-0.05, 0) is 31.6 Å². The molecule has 2 atom stereocenters. The number of hydrogen-bond donors (Lipinski definition) is 1. The molecule has 0 radical (unpaired) electrons. The number of likely N-dealkylation sites (N-methyl/N-ethyl adjacent to an activating group) is 1. The molecule has 1 amide bonds. The van der Waals surface area contributed by atoms with Crippen LogP contribution in [0.4, 0.5) is 5.69 Å². The van der Waals surface area contributed by atoms with Gasteiger partial charge >= 0.3 is 0 Å². The Morgan fingerprint density at radius 1 is 1.26 bits per heavy atom. The maximum absolute atomic E-state index is 12.1. The number of nitrogens with one attached hydrogen (secondary N) is 1. The van der Waals surface area contributed by atoms with Gasteiger partial charge in [0.05, 0.1) is 0 Å². The fraction of sp³-hybridized carbons (Fsp3) is 0.533. The zero-order valence-electron chi connectivity index (χ0n) is 11.6. The highest BCUT2D eigenvalue weighted by atomic mass is 16.2. The van der Waals surface area contributed by atoms with Crippen LogP contribution >= 0.6 is 0 Å². The third-order valence-corrected chi connectivity index (χ3v) is 4.25. The second-order valence-corrected chi connectivity index (χ2v) is 5.68. The fourth-order valence-electron chi connectivity index (χ4n) is 3.15. The minimum absolute atomic E-state index is 0.163. The van der Waals surface area contributed by atoms with E-state index >= 15 is 0 Å². The highest BCUT2D eigenvalue weighted by molar-refractivity contribution is 5.96. The number of carbonyl (C=O) groups is 1. The largest absolute Gasteiger partial charge is 0.315 e. The lowest BCUT2D eigenvalue weighted by molar-refractivity contribution is -0.119. The van der Waals surface area contributed by atoms with E-state index in [1.807, 2.05) is 19.2 Å². The molecule has 2 unspecified atom stereocenters. The SMILES string of the molecule is CN1CCC(NC2CC(=O)N(C)c3ccccc32)C1. The third-order valence-electron chi connectivity index (χ3n) is 4.25. The van der Waals surface area contributed by atoms with Crippen LogP contribution in [0.25, 0.3) is 0 Å². The summed E-state index contributed by atoms with van der Waals surface area (Å²) in [5.74, 6) is 0.197. The number of hydrogen-bond acceptors (Lipinski definition) is 3. The predicted octanol–water partition coefficient (Wildman–Crippen LogP) is 1.39. The number of likely N-dealkylation sites (tertiary alicyclic amines) is 1. The van der Waals surface area contributed by atoms with Crippen LogP contribution in [0.5, 0.6) is 0 Å². The molecule has 102 valence electrons. The summed E-state index contributed by atoms with van der Waals surface area (Å²) in [5.41, 5.74) is 2.29. The monoisotopic (exact) mass is 259 g/mol. The zero-order valence-corrected chi connectivity index (χ0v) is 11.6. The Morgan fingerprint density at radius 2 is 2.05 bits per heavy atom. The van der Waals surface area contributed by atoms with Gasteiger partial charge in [-0.15, -0.1) is 0 Å². The zero-order chi connectivity index (χ0) is 13.4. The lowest BCUT2D eigenvalue weighted by Gasteiger charge is -2.33. The van der Waals surface area contributed by atoms with Crippen molar-refractivity contribution >= 4 is 11.6 Å². The second-order valence-electron chi connectivity index (χ2n) is 5.68. The topological polar surface area (TPSA) is 35.6 Å². The van der Waals surface area contributed by atoms with Gasteiger partial charge in [-0.1, -0.05) is 18.2 Å². The van der Waals surface area contributed by atoms with Crippen molar-refractivity contribution in [2.24, 2.45) is 0 Å². The van der Waals surface area contributed by atoms with Crippen LogP contribution in [0.3, 0.4) is 0 Å². The Hall–Kier alpha value is -1.39. The lowest BCUT2D eigenvalue weighted by atomic mass is 9.95. The molecule has 1 N–H and O–H groups in total. The summed E-state index contributed by atoms with van der Waals surface area (Å²) < 4.78 is 0. The summed E-state index contributed by atoms with van der Waals surface area (Å²) in [4.78, 5) is 16.2. The number of rotatable bonds is 2. The summed E-state index contributed by atoms with van der Waals surface area (Å²) in [6.07, 6.45) is 1.73. The first kappa shape index (κ1) is 12.6.